The van der Waals surface area contributed by atoms with Crippen LogP contribution in [0.3, 0.4) is 0 Å². The first-order valence-electron chi connectivity index (χ1n) is 18.6. The van der Waals surface area contributed by atoms with Gasteiger partial charge in [-0.05, 0) is 67.4 Å². The Labute approximate surface area is 311 Å². The van der Waals surface area contributed by atoms with Crippen LogP contribution < -0.4 is 0 Å². The third kappa shape index (κ3) is 5.17. The van der Waals surface area contributed by atoms with E-state index in [4.69, 9.17) is 9.97 Å². The number of hydrogen-bond donors (Lipinski definition) is 0. The molecule has 3 aliphatic rings. The van der Waals surface area contributed by atoms with Crippen LogP contribution in [0.4, 0.5) is 0 Å². The van der Waals surface area contributed by atoms with E-state index in [-0.39, 0.29) is 5.41 Å². The lowest BCUT2D eigenvalue weighted by Gasteiger charge is -2.30. The Morgan fingerprint density at radius 2 is 1.08 bits per heavy atom. The standard InChI is InChI=1S/C51H38N2/c1-51(2)44-23-13-22-42(49(44)48-38-19-10-9-16-35(38)28-31-45(48)51)41-29-30-43(40-21-12-11-20-39(40)41)50-52-46(36-17-7-4-8-18-36)32-47(53-50)37-26-24-34(25-27-37)33-14-5-3-6-15-33/h3-32,35,38H,1-2H3. The van der Waals surface area contributed by atoms with Gasteiger partial charge in [-0.2, -0.15) is 0 Å². The van der Waals surface area contributed by atoms with Gasteiger partial charge in [0.05, 0.1) is 11.4 Å². The first-order valence-corrected chi connectivity index (χ1v) is 18.6. The van der Waals surface area contributed by atoms with Gasteiger partial charge in [-0.1, -0.05) is 184 Å². The van der Waals surface area contributed by atoms with Crippen LogP contribution in [-0.2, 0) is 5.41 Å². The molecule has 7 aromatic rings. The van der Waals surface area contributed by atoms with Crippen molar-refractivity contribution in [3.63, 3.8) is 0 Å². The van der Waals surface area contributed by atoms with Crippen molar-refractivity contribution < 1.29 is 0 Å². The van der Waals surface area contributed by atoms with Gasteiger partial charge >= 0.3 is 0 Å². The summed E-state index contributed by atoms with van der Waals surface area (Å²) in [5.41, 5.74) is 15.5. The van der Waals surface area contributed by atoms with Crippen molar-refractivity contribution >= 4 is 16.3 Å². The fourth-order valence-corrected chi connectivity index (χ4v) is 8.82. The van der Waals surface area contributed by atoms with Crippen LogP contribution in [0.1, 0.15) is 25.0 Å². The molecule has 2 nitrogen and oxygen atoms in total. The van der Waals surface area contributed by atoms with Gasteiger partial charge in [0.2, 0.25) is 0 Å². The molecule has 0 N–H and O–H groups in total. The van der Waals surface area contributed by atoms with Crippen LogP contribution >= 0.6 is 0 Å². The van der Waals surface area contributed by atoms with Gasteiger partial charge in [-0.15, -0.1) is 0 Å². The van der Waals surface area contributed by atoms with E-state index in [0.717, 1.165) is 39.3 Å². The van der Waals surface area contributed by atoms with E-state index >= 15 is 0 Å². The molecule has 1 heterocycles. The minimum absolute atomic E-state index is 0.0751. The van der Waals surface area contributed by atoms with Gasteiger partial charge in [0.1, 0.15) is 0 Å². The summed E-state index contributed by atoms with van der Waals surface area (Å²) in [5, 5.41) is 2.35. The van der Waals surface area contributed by atoms with Crippen LogP contribution in [0.25, 0.3) is 72.5 Å². The van der Waals surface area contributed by atoms with Crippen molar-refractivity contribution in [2.75, 3.05) is 0 Å². The Kier molecular flexibility index (Phi) is 7.33. The van der Waals surface area contributed by atoms with Crippen molar-refractivity contribution in [3.8, 4) is 56.2 Å². The molecule has 3 aliphatic carbocycles. The lowest BCUT2D eigenvalue weighted by molar-refractivity contribution is 0.628. The summed E-state index contributed by atoms with van der Waals surface area (Å²) in [6.07, 6.45) is 14.0. The Bertz CT molecular complexity index is 2670. The number of hydrogen-bond acceptors (Lipinski definition) is 2. The summed E-state index contributed by atoms with van der Waals surface area (Å²) in [6.45, 7) is 4.77. The minimum atomic E-state index is -0.0751. The number of allylic oxidation sites excluding steroid dienone is 8. The molecule has 53 heavy (non-hydrogen) atoms. The molecule has 252 valence electrons. The van der Waals surface area contributed by atoms with Gasteiger partial charge in [-0.3, -0.25) is 0 Å². The maximum atomic E-state index is 5.29. The molecule has 2 atom stereocenters. The van der Waals surface area contributed by atoms with Crippen LogP contribution in [0.15, 0.2) is 188 Å². The largest absolute Gasteiger partial charge is 0.228 e. The third-order valence-electron chi connectivity index (χ3n) is 11.5. The normalized spacial score (nSPS) is 17.8. The molecular weight excluding hydrogens is 641 g/mol. The molecule has 0 radical (unpaired) electrons. The summed E-state index contributed by atoms with van der Waals surface area (Å²) >= 11 is 0. The molecule has 0 saturated carbocycles. The van der Waals surface area contributed by atoms with E-state index in [1.807, 2.05) is 6.07 Å². The maximum absolute atomic E-state index is 5.29. The maximum Gasteiger partial charge on any atom is 0.161 e. The molecule has 0 bridgehead atoms. The zero-order valence-corrected chi connectivity index (χ0v) is 29.9. The van der Waals surface area contributed by atoms with Gasteiger partial charge in [-0.25, -0.2) is 9.97 Å². The number of rotatable bonds is 5. The van der Waals surface area contributed by atoms with E-state index in [1.165, 1.54) is 49.9 Å². The Morgan fingerprint density at radius 1 is 0.491 bits per heavy atom. The van der Waals surface area contributed by atoms with Crippen molar-refractivity contribution in [1.82, 2.24) is 9.97 Å². The van der Waals surface area contributed by atoms with Crippen LogP contribution in [0.2, 0.25) is 0 Å². The van der Waals surface area contributed by atoms with Crippen molar-refractivity contribution in [2.45, 2.75) is 19.3 Å². The summed E-state index contributed by atoms with van der Waals surface area (Å²) in [6, 6.07) is 52.0. The Morgan fingerprint density at radius 3 is 1.81 bits per heavy atom. The van der Waals surface area contributed by atoms with Crippen LogP contribution in [0, 0.1) is 11.8 Å². The molecule has 2 unspecified atom stereocenters. The third-order valence-corrected chi connectivity index (χ3v) is 11.5. The van der Waals surface area contributed by atoms with E-state index in [1.54, 1.807) is 0 Å². The van der Waals surface area contributed by atoms with Crippen molar-refractivity contribution in [2.24, 2.45) is 11.8 Å². The highest BCUT2D eigenvalue weighted by Gasteiger charge is 2.43. The fraction of sp³-hybridized carbons (Fsp3) is 0.0980. The number of nitrogens with zero attached hydrogens (tertiary/aromatic N) is 2. The molecule has 1 aromatic heterocycles. The fourth-order valence-electron chi connectivity index (χ4n) is 8.82. The summed E-state index contributed by atoms with van der Waals surface area (Å²) < 4.78 is 0. The first kappa shape index (κ1) is 31.4. The molecule has 0 fully saturated rings. The van der Waals surface area contributed by atoms with E-state index in [9.17, 15) is 0 Å². The highest BCUT2D eigenvalue weighted by atomic mass is 14.9. The predicted molar refractivity (Wildman–Crippen MR) is 221 cm³/mol. The zero-order valence-electron chi connectivity index (χ0n) is 29.9. The molecule has 0 spiro atoms. The van der Waals surface area contributed by atoms with Crippen LogP contribution in [-0.4, -0.2) is 9.97 Å². The average molecular weight is 679 g/mol. The highest BCUT2D eigenvalue weighted by molar-refractivity contribution is 6.07. The SMILES string of the molecule is CC1(C)C2=C(c3c(-c4ccc(-c5nc(-c6ccccc6)cc(-c6ccc(-c7ccccc7)cc6)n5)c5ccccc45)cccc31)C1C=CC=CC1C=C2. The molecule has 0 saturated heterocycles. The lowest BCUT2D eigenvalue weighted by Crippen LogP contribution is -2.20. The van der Waals surface area contributed by atoms with Gasteiger partial charge in [0.25, 0.3) is 0 Å². The Hall–Kier alpha value is -6.38. The zero-order chi connectivity index (χ0) is 35.5. The summed E-state index contributed by atoms with van der Waals surface area (Å²) in [5.74, 6) is 1.44. The smallest absolute Gasteiger partial charge is 0.161 e. The molecular formula is C51H38N2. The first-order chi connectivity index (χ1) is 26.0. The Balaban J connectivity index is 1.14. The quantitative estimate of drug-likeness (QED) is 0.181. The van der Waals surface area contributed by atoms with Crippen molar-refractivity contribution in [3.05, 3.63) is 199 Å². The number of benzene rings is 6. The average Bonchev–Trinajstić information content (AvgIpc) is 3.47. The monoisotopic (exact) mass is 678 g/mol. The molecule has 2 heteroatoms. The van der Waals surface area contributed by atoms with Crippen LogP contribution in [0.5, 0.6) is 0 Å². The minimum Gasteiger partial charge on any atom is -0.228 e. The molecule has 0 amide bonds. The number of aromatic nitrogens is 2. The van der Waals surface area contributed by atoms with E-state index < -0.39 is 0 Å². The van der Waals surface area contributed by atoms with E-state index in [0.29, 0.717) is 11.8 Å². The lowest BCUT2D eigenvalue weighted by atomic mass is 9.73. The topological polar surface area (TPSA) is 25.8 Å². The van der Waals surface area contributed by atoms with Gasteiger partial charge in [0.15, 0.2) is 5.82 Å². The summed E-state index contributed by atoms with van der Waals surface area (Å²) in [7, 11) is 0. The van der Waals surface area contributed by atoms with Crippen molar-refractivity contribution in [1.29, 1.82) is 0 Å². The van der Waals surface area contributed by atoms with Gasteiger partial charge in [0, 0.05) is 33.9 Å². The molecule has 6 aromatic carbocycles. The number of fused-ring (bicyclic) bond motifs is 5. The predicted octanol–water partition coefficient (Wildman–Crippen LogP) is 12.9. The second-order valence-corrected chi connectivity index (χ2v) is 14.9. The second kappa shape index (κ2) is 12.4. The molecule has 0 aliphatic heterocycles. The summed E-state index contributed by atoms with van der Waals surface area (Å²) in [4.78, 5) is 10.5. The molecule has 10 rings (SSSR count). The van der Waals surface area contributed by atoms with E-state index in [2.05, 4.69) is 190 Å². The van der Waals surface area contributed by atoms with Gasteiger partial charge < -0.3 is 0 Å². The second-order valence-electron chi connectivity index (χ2n) is 14.9. The highest BCUT2D eigenvalue weighted by Crippen LogP contribution is 2.56.